The molecule has 3 rings (SSSR count). The average molecular weight is 342 g/mol. The average Bonchev–Trinajstić information content (AvgIpc) is 2.63. The summed E-state index contributed by atoms with van der Waals surface area (Å²) in [6.45, 7) is 4.22. The Morgan fingerprint density at radius 1 is 1.04 bits per heavy atom. The maximum absolute atomic E-state index is 12.0. The van der Waals surface area contributed by atoms with E-state index in [0.717, 1.165) is 28.6 Å². The Labute approximate surface area is 147 Å². The minimum atomic E-state index is -0.0470. The van der Waals surface area contributed by atoms with Crippen molar-refractivity contribution in [2.75, 3.05) is 37.0 Å². The maximum atomic E-state index is 12.0. The van der Waals surface area contributed by atoms with Crippen molar-refractivity contribution in [3.63, 3.8) is 0 Å². The van der Waals surface area contributed by atoms with Crippen molar-refractivity contribution in [2.45, 2.75) is 13.3 Å². The van der Waals surface area contributed by atoms with Crippen molar-refractivity contribution in [1.29, 1.82) is 0 Å². The van der Waals surface area contributed by atoms with Gasteiger partial charge in [-0.2, -0.15) is 0 Å². The lowest BCUT2D eigenvalue weighted by Crippen LogP contribution is -2.17. The Bertz CT molecular complexity index is 716. The first-order valence-corrected chi connectivity index (χ1v) is 8.41. The number of nitrogens with one attached hydrogen (secondary N) is 2. The van der Waals surface area contributed by atoms with Crippen LogP contribution in [0.25, 0.3) is 0 Å². The minimum absolute atomic E-state index is 0.0470. The summed E-state index contributed by atoms with van der Waals surface area (Å²) in [6.07, 6.45) is 0.363. The number of carbonyl (C=O) groups excluding carboxylic acids is 1. The lowest BCUT2D eigenvalue weighted by Gasteiger charge is -2.19. The molecule has 0 spiro atoms. The monoisotopic (exact) mass is 342 g/mol. The van der Waals surface area contributed by atoms with Crippen LogP contribution in [0.1, 0.15) is 13.3 Å². The maximum Gasteiger partial charge on any atom is 0.226 e. The van der Waals surface area contributed by atoms with E-state index in [2.05, 4.69) is 10.6 Å². The molecule has 0 aromatic heterocycles. The Kier molecular flexibility index (Phi) is 5.61. The lowest BCUT2D eigenvalue weighted by molar-refractivity contribution is -0.115. The van der Waals surface area contributed by atoms with Gasteiger partial charge in [0.1, 0.15) is 19.0 Å². The minimum Gasteiger partial charge on any atom is -0.494 e. The number of rotatable bonds is 7. The molecule has 25 heavy (non-hydrogen) atoms. The molecule has 1 amide bonds. The van der Waals surface area contributed by atoms with Crippen LogP contribution in [-0.4, -0.2) is 32.3 Å². The molecule has 6 nitrogen and oxygen atoms in total. The summed E-state index contributed by atoms with van der Waals surface area (Å²) >= 11 is 0. The summed E-state index contributed by atoms with van der Waals surface area (Å²) in [5.74, 6) is 2.23. The Balaban J connectivity index is 1.44. The van der Waals surface area contributed by atoms with Gasteiger partial charge in [0.2, 0.25) is 5.91 Å². The molecule has 1 aliphatic rings. The predicted molar refractivity (Wildman–Crippen MR) is 96.8 cm³/mol. The molecule has 0 radical (unpaired) electrons. The van der Waals surface area contributed by atoms with Gasteiger partial charge in [0.15, 0.2) is 11.5 Å². The van der Waals surface area contributed by atoms with Crippen LogP contribution in [0.4, 0.5) is 11.4 Å². The van der Waals surface area contributed by atoms with E-state index in [1.807, 2.05) is 49.4 Å². The normalized spacial score (nSPS) is 12.4. The number of fused-ring (bicyclic) bond motifs is 1. The van der Waals surface area contributed by atoms with Crippen molar-refractivity contribution >= 4 is 17.3 Å². The lowest BCUT2D eigenvalue weighted by atomic mass is 10.2. The predicted octanol–water partition coefficient (Wildman–Crippen LogP) is 3.30. The van der Waals surface area contributed by atoms with Crippen molar-refractivity contribution in [2.24, 2.45) is 0 Å². The van der Waals surface area contributed by atoms with E-state index in [4.69, 9.17) is 14.2 Å². The Morgan fingerprint density at radius 2 is 1.76 bits per heavy atom. The highest BCUT2D eigenvalue weighted by Crippen LogP contribution is 2.32. The SMILES string of the molecule is CCOc1ccc(NC(=O)CCNc2ccc3c(c2)OCCO3)cc1. The summed E-state index contributed by atoms with van der Waals surface area (Å²) in [4.78, 5) is 12.0. The highest BCUT2D eigenvalue weighted by atomic mass is 16.6. The molecular formula is C19H22N2O4. The van der Waals surface area contributed by atoms with Crippen LogP contribution in [0.15, 0.2) is 42.5 Å². The van der Waals surface area contributed by atoms with Crippen LogP contribution in [0, 0.1) is 0 Å². The molecule has 0 unspecified atom stereocenters. The molecule has 0 saturated carbocycles. The fourth-order valence-corrected chi connectivity index (χ4v) is 2.50. The van der Waals surface area contributed by atoms with Crippen LogP contribution in [0.2, 0.25) is 0 Å². The zero-order valence-corrected chi connectivity index (χ0v) is 14.2. The van der Waals surface area contributed by atoms with E-state index in [1.54, 1.807) is 0 Å². The number of benzene rings is 2. The number of hydrogen-bond donors (Lipinski definition) is 2. The number of amides is 1. The molecule has 2 aromatic rings. The summed E-state index contributed by atoms with van der Waals surface area (Å²) in [6, 6.07) is 13.0. The smallest absolute Gasteiger partial charge is 0.226 e. The molecule has 2 N–H and O–H groups in total. The molecule has 6 heteroatoms. The highest BCUT2D eigenvalue weighted by molar-refractivity contribution is 5.91. The zero-order valence-electron chi connectivity index (χ0n) is 14.2. The topological polar surface area (TPSA) is 68.8 Å². The summed E-state index contributed by atoms with van der Waals surface area (Å²) in [5, 5.41) is 6.09. The molecular weight excluding hydrogens is 320 g/mol. The van der Waals surface area contributed by atoms with E-state index in [-0.39, 0.29) is 5.91 Å². The van der Waals surface area contributed by atoms with E-state index < -0.39 is 0 Å². The van der Waals surface area contributed by atoms with E-state index in [9.17, 15) is 4.79 Å². The second-order valence-electron chi connectivity index (χ2n) is 5.54. The van der Waals surface area contributed by atoms with Gasteiger partial charge in [-0.1, -0.05) is 0 Å². The first-order valence-electron chi connectivity index (χ1n) is 8.41. The van der Waals surface area contributed by atoms with Crippen molar-refractivity contribution < 1.29 is 19.0 Å². The largest absolute Gasteiger partial charge is 0.494 e. The molecule has 0 aliphatic carbocycles. The van der Waals surface area contributed by atoms with Gasteiger partial charge in [0, 0.05) is 30.4 Å². The van der Waals surface area contributed by atoms with Crippen LogP contribution in [0.3, 0.4) is 0 Å². The van der Waals surface area contributed by atoms with Gasteiger partial charge >= 0.3 is 0 Å². The first-order chi connectivity index (χ1) is 12.2. The van der Waals surface area contributed by atoms with Crippen LogP contribution >= 0.6 is 0 Å². The standard InChI is InChI=1S/C19H22N2O4/c1-2-23-16-6-3-14(4-7-16)21-19(22)9-10-20-15-5-8-17-18(13-15)25-12-11-24-17/h3-8,13,20H,2,9-12H2,1H3,(H,21,22). The van der Waals surface area contributed by atoms with Crippen molar-refractivity contribution in [3.05, 3.63) is 42.5 Å². The fourth-order valence-electron chi connectivity index (χ4n) is 2.50. The van der Waals surface area contributed by atoms with Gasteiger partial charge in [0.25, 0.3) is 0 Å². The second kappa shape index (κ2) is 8.28. The molecule has 0 bridgehead atoms. The zero-order chi connectivity index (χ0) is 17.5. The van der Waals surface area contributed by atoms with E-state index in [0.29, 0.717) is 32.8 Å². The number of carbonyl (C=O) groups is 1. The molecule has 2 aromatic carbocycles. The number of ether oxygens (including phenoxy) is 3. The summed E-state index contributed by atoms with van der Waals surface area (Å²) < 4.78 is 16.4. The van der Waals surface area contributed by atoms with Gasteiger partial charge in [-0.25, -0.2) is 0 Å². The van der Waals surface area contributed by atoms with Crippen molar-refractivity contribution in [3.8, 4) is 17.2 Å². The van der Waals surface area contributed by atoms with Gasteiger partial charge in [-0.15, -0.1) is 0 Å². The van der Waals surface area contributed by atoms with E-state index >= 15 is 0 Å². The molecule has 0 fully saturated rings. The fraction of sp³-hybridized carbons (Fsp3) is 0.316. The third-order valence-corrected chi connectivity index (χ3v) is 3.67. The first kappa shape index (κ1) is 17.0. The number of hydrogen-bond acceptors (Lipinski definition) is 5. The Hall–Kier alpha value is -2.89. The van der Waals surface area contributed by atoms with Crippen molar-refractivity contribution in [1.82, 2.24) is 0 Å². The molecule has 1 aliphatic heterocycles. The van der Waals surface area contributed by atoms with Crippen LogP contribution in [-0.2, 0) is 4.79 Å². The molecule has 1 heterocycles. The molecule has 132 valence electrons. The number of anilines is 2. The third kappa shape index (κ3) is 4.79. The third-order valence-electron chi connectivity index (χ3n) is 3.67. The van der Waals surface area contributed by atoms with Gasteiger partial charge in [-0.05, 0) is 43.3 Å². The summed E-state index contributed by atoms with van der Waals surface area (Å²) in [7, 11) is 0. The molecule has 0 saturated heterocycles. The van der Waals surface area contributed by atoms with Gasteiger partial charge in [0.05, 0.1) is 6.61 Å². The molecule has 0 atom stereocenters. The van der Waals surface area contributed by atoms with Gasteiger partial charge < -0.3 is 24.8 Å². The highest BCUT2D eigenvalue weighted by Gasteiger charge is 2.11. The summed E-state index contributed by atoms with van der Waals surface area (Å²) in [5.41, 5.74) is 1.66. The van der Waals surface area contributed by atoms with E-state index in [1.165, 1.54) is 0 Å². The van der Waals surface area contributed by atoms with Crippen LogP contribution in [0.5, 0.6) is 17.2 Å². The second-order valence-corrected chi connectivity index (χ2v) is 5.54. The quantitative estimate of drug-likeness (QED) is 0.808. The van der Waals surface area contributed by atoms with Gasteiger partial charge in [-0.3, -0.25) is 4.79 Å². The Morgan fingerprint density at radius 3 is 2.52 bits per heavy atom. The van der Waals surface area contributed by atoms with Crippen LogP contribution < -0.4 is 24.8 Å².